The minimum Gasteiger partial charge on any atom is -0.441 e. The number of anilines is 1. The smallest absolute Gasteiger partial charge is 0.415 e. The maximum Gasteiger partial charge on any atom is 0.415 e. The Morgan fingerprint density at radius 3 is 2.43 bits per heavy atom. The largest absolute Gasteiger partial charge is 0.441 e. The Bertz CT molecular complexity index is 990. The first-order valence-electron chi connectivity index (χ1n) is 8.56. The number of nitro benzene ring substituents is 1. The average Bonchev–Trinajstić information content (AvgIpc) is 3.23. The fraction of sp³-hybridized carbons (Fsp3) is 0.150. The number of rotatable bonds is 4. The second kappa shape index (κ2) is 7.61. The predicted molar refractivity (Wildman–Crippen MR) is 108 cm³/mol. The summed E-state index contributed by atoms with van der Waals surface area (Å²) in [5.41, 5.74) is 1.41. The number of benzene rings is 2. The van der Waals surface area contributed by atoms with Gasteiger partial charge in [-0.15, -0.1) is 11.3 Å². The van der Waals surface area contributed by atoms with Gasteiger partial charge in [-0.1, -0.05) is 29.8 Å². The van der Waals surface area contributed by atoms with Crippen molar-refractivity contribution < 1.29 is 14.5 Å². The third-order valence-electron chi connectivity index (χ3n) is 4.64. The SMILES string of the molecule is O=C1OC(c2ccc(Cl)cc2)CC(c2cccs2)N1c1ccc([N+](=O)[O-])cc1. The fourth-order valence-corrected chi connectivity index (χ4v) is 4.24. The van der Waals surface area contributed by atoms with Crippen molar-refractivity contribution in [3.8, 4) is 0 Å². The maximum atomic E-state index is 12.9. The molecule has 1 fully saturated rings. The van der Waals surface area contributed by atoms with Gasteiger partial charge in [0.05, 0.1) is 11.0 Å². The van der Waals surface area contributed by atoms with Crippen molar-refractivity contribution in [1.82, 2.24) is 0 Å². The van der Waals surface area contributed by atoms with Gasteiger partial charge >= 0.3 is 6.09 Å². The third kappa shape index (κ3) is 3.58. The first-order valence-corrected chi connectivity index (χ1v) is 9.82. The highest BCUT2D eigenvalue weighted by Gasteiger charge is 2.38. The highest BCUT2D eigenvalue weighted by atomic mass is 35.5. The first-order chi connectivity index (χ1) is 13.5. The molecule has 8 heteroatoms. The number of ether oxygens (including phenoxy) is 1. The van der Waals surface area contributed by atoms with E-state index < -0.39 is 17.1 Å². The van der Waals surface area contributed by atoms with Gasteiger partial charge in [-0.3, -0.25) is 15.0 Å². The lowest BCUT2D eigenvalue weighted by atomic mass is 9.98. The summed E-state index contributed by atoms with van der Waals surface area (Å²) in [6.07, 6.45) is -0.324. The number of halogens is 1. The van der Waals surface area contributed by atoms with E-state index in [1.165, 1.54) is 12.1 Å². The molecule has 0 bridgehead atoms. The van der Waals surface area contributed by atoms with E-state index in [1.54, 1.807) is 40.5 Å². The van der Waals surface area contributed by atoms with Crippen LogP contribution in [0.5, 0.6) is 0 Å². The molecular weight excluding hydrogens is 400 g/mol. The Morgan fingerprint density at radius 1 is 1.11 bits per heavy atom. The molecule has 142 valence electrons. The summed E-state index contributed by atoms with van der Waals surface area (Å²) in [5, 5.41) is 13.5. The van der Waals surface area contributed by atoms with Crippen molar-refractivity contribution in [3.63, 3.8) is 0 Å². The van der Waals surface area contributed by atoms with Crippen molar-refractivity contribution >= 4 is 40.4 Å². The summed E-state index contributed by atoms with van der Waals surface area (Å²) in [6.45, 7) is 0. The molecule has 2 unspecified atom stereocenters. The molecule has 0 N–H and O–H groups in total. The van der Waals surface area contributed by atoms with Crippen LogP contribution in [0, 0.1) is 10.1 Å². The number of non-ortho nitro benzene ring substituents is 1. The van der Waals surface area contributed by atoms with Crippen LogP contribution in [-0.2, 0) is 4.74 Å². The Hall–Kier alpha value is -2.90. The third-order valence-corrected chi connectivity index (χ3v) is 5.87. The number of carbonyl (C=O) groups excluding carboxylic acids is 1. The summed E-state index contributed by atoms with van der Waals surface area (Å²) >= 11 is 7.52. The lowest BCUT2D eigenvalue weighted by molar-refractivity contribution is -0.384. The van der Waals surface area contributed by atoms with E-state index in [9.17, 15) is 14.9 Å². The van der Waals surface area contributed by atoms with Gasteiger partial charge in [-0.25, -0.2) is 4.79 Å². The van der Waals surface area contributed by atoms with E-state index >= 15 is 0 Å². The fourth-order valence-electron chi connectivity index (χ4n) is 3.29. The van der Waals surface area contributed by atoms with Crippen molar-refractivity contribution in [3.05, 3.63) is 91.6 Å². The number of thiophene rings is 1. The summed E-state index contributed by atoms with van der Waals surface area (Å²) in [7, 11) is 0. The topological polar surface area (TPSA) is 72.7 Å². The molecule has 1 aliphatic heterocycles. The van der Waals surface area contributed by atoms with E-state index in [2.05, 4.69) is 0 Å². The van der Waals surface area contributed by atoms with Gasteiger partial charge in [0.15, 0.2) is 0 Å². The number of amides is 1. The van der Waals surface area contributed by atoms with Gasteiger partial charge in [0, 0.05) is 34.1 Å². The first kappa shape index (κ1) is 18.5. The van der Waals surface area contributed by atoms with Gasteiger partial charge in [0.25, 0.3) is 5.69 Å². The molecule has 2 atom stereocenters. The van der Waals surface area contributed by atoms with E-state index in [0.29, 0.717) is 17.1 Å². The number of nitrogens with zero attached hydrogens (tertiary/aromatic N) is 2. The van der Waals surface area contributed by atoms with E-state index in [1.807, 2.05) is 29.6 Å². The van der Waals surface area contributed by atoms with Crippen LogP contribution >= 0.6 is 22.9 Å². The van der Waals surface area contributed by atoms with E-state index in [4.69, 9.17) is 16.3 Å². The second-order valence-electron chi connectivity index (χ2n) is 6.33. The molecule has 4 rings (SSSR count). The molecule has 28 heavy (non-hydrogen) atoms. The Balaban J connectivity index is 1.69. The highest BCUT2D eigenvalue weighted by molar-refractivity contribution is 7.10. The van der Waals surface area contributed by atoms with Crippen molar-refractivity contribution in [2.45, 2.75) is 18.6 Å². The minimum absolute atomic E-state index is 0.0270. The molecule has 1 aromatic heterocycles. The molecular formula is C20H15ClN2O4S. The van der Waals surface area contributed by atoms with Crippen LogP contribution in [0.25, 0.3) is 0 Å². The van der Waals surface area contributed by atoms with Gasteiger partial charge in [0.2, 0.25) is 0 Å². The summed E-state index contributed by atoms with van der Waals surface area (Å²) < 4.78 is 5.70. The van der Waals surface area contributed by atoms with Crippen molar-refractivity contribution in [2.75, 3.05) is 4.90 Å². The molecule has 2 aromatic carbocycles. The van der Waals surface area contributed by atoms with Gasteiger partial charge < -0.3 is 4.74 Å². The number of carbonyl (C=O) groups is 1. The zero-order valence-electron chi connectivity index (χ0n) is 14.5. The Kier molecular flexibility index (Phi) is 5.02. The van der Waals surface area contributed by atoms with E-state index in [0.717, 1.165) is 10.4 Å². The monoisotopic (exact) mass is 414 g/mol. The molecule has 1 amide bonds. The summed E-state index contributed by atoms with van der Waals surface area (Å²) in [4.78, 5) is 26.0. The second-order valence-corrected chi connectivity index (χ2v) is 7.75. The van der Waals surface area contributed by atoms with Gasteiger partial charge in [-0.05, 0) is 41.3 Å². The molecule has 3 aromatic rings. The lowest BCUT2D eigenvalue weighted by Crippen LogP contribution is -2.41. The molecule has 2 heterocycles. The van der Waals surface area contributed by atoms with Crippen LogP contribution in [0.15, 0.2) is 66.0 Å². The van der Waals surface area contributed by atoms with Crippen LogP contribution in [0.4, 0.5) is 16.2 Å². The molecule has 0 saturated carbocycles. The summed E-state index contributed by atoms with van der Waals surface area (Å²) in [5.74, 6) is 0. The number of cyclic esters (lactones) is 1. The Labute approximate surface area is 170 Å². The van der Waals surface area contributed by atoms with Crippen molar-refractivity contribution in [2.24, 2.45) is 0 Å². The molecule has 1 aliphatic rings. The standard InChI is InChI=1S/C20H15ClN2O4S/c21-14-5-3-13(4-6-14)18-12-17(19-2-1-11-28-19)22(20(24)27-18)15-7-9-16(10-8-15)23(25)26/h1-11,17-18H,12H2. The molecule has 0 radical (unpaired) electrons. The quantitative estimate of drug-likeness (QED) is 0.379. The average molecular weight is 415 g/mol. The van der Waals surface area contributed by atoms with Crippen molar-refractivity contribution in [1.29, 1.82) is 0 Å². The molecule has 0 spiro atoms. The van der Waals surface area contributed by atoms with Crippen LogP contribution < -0.4 is 4.90 Å². The number of hydrogen-bond donors (Lipinski definition) is 0. The van der Waals surface area contributed by atoms with Gasteiger partial charge in [0.1, 0.15) is 6.10 Å². The number of hydrogen-bond acceptors (Lipinski definition) is 5. The number of nitro groups is 1. The minimum atomic E-state index is -0.488. The van der Waals surface area contributed by atoms with Crippen LogP contribution in [0.1, 0.15) is 29.0 Å². The van der Waals surface area contributed by atoms with Crippen LogP contribution in [0.3, 0.4) is 0 Å². The highest BCUT2D eigenvalue weighted by Crippen LogP contribution is 2.43. The summed E-state index contributed by atoms with van der Waals surface area (Å²) in [6, 6.07) is 16.9. The van der Waals surface area contributed by atoms with Crippen LogP contribution in [-0.4, -0.2) is 11.0 Å². The zero-order chi connectivity index (χ0) is 19.7. The van der Waals surface area contributed by atoms with E-state index in [-0.39, 0.29) is 11.7 Å². The van der Waals surface area contributed by atoms with Gasteiger partial charge in [-0.2, -0.15) is 0 Å². The lowest BCUT2D eigenvalue weighted by Gasteiger charge is -2.38. The maximum absolute atomic E-state index is 12.9. The zero-order valence-corrected chi connectivity index (χ0v) is 16.1. The predicted octanol–water partition coefficient (Wildman–Crippen LogP) is 6.14. The van der Waals surface area contributed by atoms with Crippen LogP contribution in [0.2, 0.25) is 5.02 Å². The Morgan fingerprint density at radius 2 is 1.82 bits per heavy atom. The normalized spacial score (nSPS) is 19.3. The molecule has 0 aliphatic carbocycles. The molecule has 6 nitrogen and oxygen atoms in total. The molecule has 1 saturated heterocycles.